The first kappa shape index (κ1) is 67.4. The predicted molar refractivity (Wildman–Crippen MR) is 483 cm³/mol. The molecule has 0 saturated carbocycles. The van der Waals surface area contributed by atoms with Crippen molar-refractivity contribution in [1.29, 1.82) is 0 Å². The molecule has 0 saturated heterocycles. The van der Waals surface area contributed by atoms with Crippen LogP contribution in [-0.4, -0.2) is 0 Å². The Morgan fingerprint density at radius 1 is 0.202 bits per heavy atom. The Hall–Kier alpha value is -14.7. The van der Waals surface area contributed by atoms with Gasteiger partial charge in [0, 0.05) is 110 Å². The molecule has 0 unspecified atom stereocenters. The third-order valence-electron chi connectivity index (χ3n) is 22.8. The van der Waals surface area contributed by atoms with Crippen LogP contribution in [0.3, 0.4) is 0 Å². The summed E-state index contributed by atoms with van der Waals surface area (Å²) in [5, 5.41) is 19.3. The zero-order valence-corrected chi connectivity index (χ0v) is 63.3. The molecule has 540 valence electrons. The highest BCUT2D eigenvalue weighted by Crippen LogP contribution is 2.54. The maximum absolute atomic E-state index is 6.63. The van der Waals surface area contributed by atoms with Gasteiger partial charge in [-0.2, -0.15) is 0 Å². The van der Waals surface area contributed by atoms with Crippen LogP contribution in [0.25, 0.3) is 131 Å². The lowest BCUT2D eigenvalue weighted by atomic mass is 9.83. The van der Waals surface area contributed by atoms with E-state index in [1.54, 1.807) is 0 Å². The van der Waals surface area contributed by atoms with Crippen molar-refractivity contribution in [2.75, 3.05) is 19.6 Å². The minimum atomic E-state index is -0.0234. The third kappa shape index (κ3) is 11.6. The maximum Gasteiger partial charge on any atom is 0.143 e. The summed E-state index contributed by atoms with van der Waals surface area (Å²) >= 11 is 0. The predicted octanol–water partition coefficient (Wildman–Crippen LogP) is 31.5. The van der Waals surface area contributed by atoms with Crippen LogP contribution in [0.1, 0.15) is 26.3 Å². The van der Waals surface area contributed by atoms with Crippen LogP contribution in [0.4, 0.5) is 68.2 Å². The first-order chi connectivity index (χ1) is 56.2. The number of furan rings is 2. The minimum absolute atomic E-state index is 0.0234. The average Bonchev–Trinajstić information content (AvgIpc) is 0.949. The monoisotopic (exact) mass is 1460 g/mol. The second-order valence-corrected chi connectivity index (χ2v) is 30.7. The van der Waals surface area contributed by atoms with Gasteiger partial charge in [0.15, 0.2) is 0 Å². The quantitative estimate of drug-likeness (QED) is 0.101. The molecule has 0 radical (unpaired) electrons. The SMILES string of the molecule is CC(C)(C)c1cc2ccc3c(N(c4ccccc4)c4cccc(-c5cccc6c5oc5ccccc56)c4)cc(N(c4ccccc4)c4cccc(-c5cccc6c5oc5ccccc56)c4)c4ccc(c1)c2c34.c1ccc(N(c2ccccc2)c2cc(N(c3ccccc3)c3ccccc3)c3ccc4cccc5ccc2c3c54)cc1. The first-order valence-electron chi connectivity index (χ1n) is 39.2. The molecule has 0 bridgehead atoms. The molecule has 2 heterocycles. The molecule has 20 aromatic carbocycles. The van der Waals surface area contributed by atoms with Gasteiger partial charge in [-0.15, -0.1) is 0 Å². The van der Waals surface area contributed by atoms with Crippen molar-refractivity contribution in [2.45, 2.75) is 26.2 Å². The molecule has 6 heteroatoms. The number of hydrogen-bond acceptors (Lipinski definition) is 6. The van der Waals surface area contributed by atoms with Crippen molar-refractivity contribution >= 4 is 177 Å². The summed E-state index contributed by atoms with van der Waals surface area (Å²) < 4.78 is 13.3. The van der Waals surface area contributed by atoms with E-state index in [0.717, 1.165) is 134 Å². The molecule has 0 amide bonds. The largest absolute Gasteiger partial charge is 0.455 e. The van der Waals surface area contributed by atoms with Gasteiger partial charge in [0.25, 0.3) is 0 Å². The lowest BCUT2D eigenvalue weighted by Crippen LogP contribution is -2.15. The highest BCUT2D eigenvalue weighted by molar-refractivity contribution is 6.31. The van der Waals surface area contributed by atoms with Crippen LogP contribution < -0.4 is 19.6 Å². The Labute approximate surface area is 661 Å². The molecular formula is C108H76N4O2. The fourth-order valence-corrected chi connectivity index (χ4v) is 17.6. The molecule has 0 aliphatic rings. The van der Waals surface area contributed by atoms with Crippen LogP contribution >= 0.6 is 0 Å². The van der Waals surface area contributed by atoms with E-state index < -0.39 is 0 Å². The second kappa shape index (κ2) is 27.7. The van der Waals surface area contributed by atoms with Crippen molar-refractivity contribution < 1.29 is 8.83 Å². The van der Waals surface area contributed by atoms with Crippen molar-refractivity contribution in [2.24, 2.45) is 0 Å². The van der Waals surface area contributed by atoms with Crippen molar-refractivity contribution in [1.82, 2.24) is 0 Å². The lowest BCUT2D eigenvalue weighted by Gasteiger charge is -2.32. The summed E-state index contributed by atoms with van der Waals surface area (Å²) in [6, 6.07) is 147. The van der Waals surface area contributed by atoms with Crippen LogP contribution in [0.15, 0.2) is 415 Å². The average molecular weight is 1460 g/mol. The highest BCUT2D eigenvalue weighted by Gasteiger charge is 2.29. The Balaban J connectivity index is 0.000000165. The van der Waals surface area contributed by atoms with Gasteiger partial charge < -0.3 is 28.4 Å². The highest BCUT2D eigenvalue weighted by atomic mass is 16.3. The standard InChI is InChI=1S/C68H48N2O2.C40H28N2/c1-68(2,3)47-38-45-34-36-58-60(69(48-20-6-4-7-21-48)50-24-14-18-43(40-50)52-28-16-30-56-54-26-10-12-32-62(54)71-66(52)56)42-61(59-37-35-46(39-47)64(45)65(58)59)70(49-22-8-5-9-23-49)51-25-15-19-44(41-51)53-29-17-31-57-55-27-11-13-33-63(55)72-67(53)57;1-5-16-31(17-6-1)41(32-18-7-2-8-19-32)37-28-38(42(33-20-9-3-10-21-33)34-22-11-4-12-23-34)36-27-25-30-15-13-14-29-24-26-35(37)40(36)39(29)30/h4-42H,1-3H3;1-28H. The van der Waals surface area contributed by atoms with Gasteiger partial charge in [0.1, 0.15) is 22.3 Å². The van der Waals surface area contributed by atoms with Crippen LogP contribution in [0, 0.1) is 0 Å². The van der Waals surface area contributed by atoms with E-state index in [-0.39, 0.29) is 5.41 Å². The molecule has 0 N–H and O–H groups in total. The van der Waals surface area contributed by atoms with Gasteiger partial charge in [-0.25, -0.2) is 0 Å². The number of fused-ring (bicyclic) bond motifs is 6. The zero-order chi connectivity index (χ0) is 76.0. The smallest absolute Gasteiger partial charge is 0.143 e. The normalized spacial score (nSPS) is 11.8. The van der Waals surface area contributed by atoms with E-state index in [2.05, 4.69) is 435 Å². The van der Waals surface area contributed by atoms with E-state index in [0.29, 0.717) is 0 Å². The second-order valence-electron chi connectivity index (χ2n) is 30.7. The summed E-state index contributed by atoms with van der Waals surface area (Å²) in [7, 11) is 0. The van der Waals surface area contributed by atoms with Gasteiger partial charge in [-0.3, -0.25) is 0 Å². The summed E-state index contributed by atoms with van der Waals surface area (Å²) in [5.41, 5.74) is 22.2. The number of para-hydroxylation sites is 10. The molecule has 22 aromatic rings. The van der Waals surface area contributed by atoms with Crippen molar-refractivity contribution in [3.8, 4) is 22.3 Å². The fourth-order valence-electron chi connectivity index (χ4n) is 17.6. The van der Waals surface area contributed by atoms with Crippen LogP contribution in [0.5, 0.6) is 0 Å². The van der Waals surface area contributed by atoms with E-state index in [4.69, 9.17) is 8.83 Å². The Kier molecular flexibility index (Phi) is 16.4. The maximum atomic E-state index is 6.63. The van der Waals surface area contributed by atoms with Gasteiger partial charge in [-0.05, 0) is 176 Å². The van der Waals surface area contributed by atoms with E-state index in [1.165, 1.54) is 70.2 Å². The zero-order valence-electron chi connectivity index (χ0n) is 63.3. The first-order valence-corrected chi connectivity index (χ1v) is 39.2. The number of rotatable bonds is 14. The number of benzene rings is 20. The van der Waals surface area contributed by atoms with Gasteiger partial charge in [-0.1, -0.05) is 306 Å². The fraction of sp³-hybridized carbons (Fsp3) is 0.0370. The van der Waals surface area contributed by atoms with Crippen LogP contribution in [-0.2, 0) is 5.41 Å². The third-order valence-corrected chi connectivity index (χ3v) is 22.8. The molecule has 0 aliphatic carbocycles. The minimum Gasteiger partial charge on any atom is -0.455 e. The molecule has 2 aromatic heterocycles. The topological polar surface area (TPSA) is 39.2 Å². The summed E-state index contributed by atoms with van der Waals surface area (Å²) in [6.45, 7) is 6.91. The van der Waals surface area contributed by atoms with Crippen LogP contribution in [0.2, 0.25) is 0 Å². The Morgan fingerprint density at radius 3 is 0.833 bits per heavy atom. The lowest BCUT2D eigenvalue weighted by molar-refractivity contribution is 0.591. The van der Waals surface area contributed by atoms with Gasteiger partial charge in [0.05, 0.1) is 22.7 Å². The van der Waals surface area contributed by atoms with Gasteiger partial charge in [0.2, 0.25) is 0 Å². The molecular weight excluding hydrogens is 1390 g/mol. The summed E-state index contributed by atoms with van der Waals surface area (Å²) in [4.78, 5) is 9.67. The Bertz CT molecular complexity index is 6840. The molecule has 0 fully saturated rings. The van der Waals surface area contributed by atoms with Crippen molar-refractivity contribution in [3.05, 3.63) is 412 Å². The van der Waals surface area contributed by atoms with E-state index in [9.17, 15) is 0 Å². The number of nitrogens with zero attached hydrogens (tertiary/aromatic N) is 4. The molecule has 0 spiro atoms. The van der Waals surface area contributed by atoms with E-state index in [1.807, 2.05) is 12.1 Å². The molecule has 0 aliphatic heterocycles. The number of anilines is 12. The van der Waals surface area contributed by atoms with Crippen molar-refractivity contribution in [3.63, 3.8) is 0 Å². The van der Waals surface area contributed by atoms with E-state index >= 15 is 0 Å². The summed E-state index contributed by atoms with van der Waals surface area (Å²) in [6.07, 6.45) is 0. The molecule has 0 atom stereocenters. The number of hydrogen-bond donors (Lipinski definition) is 0. The molecule has 22 rings (SSSR count). The molecule has 114 heavy (non-hydrogen) atoms. The Morgan fingerprint density at radius 2 is 0.482 bits per heavy atom. The summed E-state index contributed by atoms with van der Waals surface area (Å²) in [5.74, 6) is 0. The molecule has 6 nitrogen and oxygen atoms in total. The van der Waals surface area contributed by atoms with Gasteiger partial charge >= 0.3 is 0 Å².